The minimum Gasteiger partial charge on any atom is -0.434 e. The van der Waals surface area contributed by atoms with Crippen molar-refractivity contribution in [3.05, 3.63) is 42.0 Å². The summed E-state index contributed by atoms with van der Waals surface area (Å²) >= 11 is 0. The summed E-state index contributed by atoms with van der Waals surface area (Å²) in [7, 11) is 0. The fourth-order valence-corrected chi connectivity index (χ4v) is 3.64. The number of fused-ring (bicyclic) bond motifs is 1. The second-order valence-corrected chi connectivity index (χ2v) is 6.69. The van der Waals surface area contributed by atoms with Crippen LogP contribution in [0.15, 0.2) is 36.4 Å². The molecule has 25 heavy (non-hydrogen) atoms. The van der Waals surface area contributed by atoms with E-state index < -0.39 is 6.61 Å². The average Bonchev–Trinajstić information content (AvgIpc) is 2.59. The number of ether oxygens (including phenoxy) is 2. The highest BCUT2D eigenvalue weighted by molar-refractivity contribution is 6.01. The van der Waals surface area contributed by atoms with Crippen LogP contribution in [-0.2, 0) is 4.74 Å². The van der Waals surface area contributed by atoms with Gasteiger partial charge in [0.1, 0.15) is 5.75 Å². The van der Waals surface area contributed by atoms with Gasteiger partial charge in [-0.3, -0.25) is 4.79 Å². The average molecular weight is 347 g/mol. The van der Waals surface area contributed by atoms with Gasteiger partial charge in [0.05, 0.1) is 24.3 Å². The Labute approximate surface area is 144 Å². The lowest BCUT2D eigenvalue weighted by Crippen LogP contribution is -2.57. The van der Waals surface area contributed by atoms with Crippen LogP contribution < -0.4 is 4.74 Å². The van der Waals surface area contributed by atoms with Crippen LogP contribution in [0, 0.1) is 0 Å². The predicted molar refractivity (Wildman–Crippen MR) is 89.0 cm³/mol. The molecule has 0 bridgehead atoms. The van der Waals surface area contributed by atoms with Crippen LogP contribution in [0.2, 0.25) is 0 Å². The Morgan fingerprint density at radius 3 is 2.56 bits per heavy atom. The third kappa shape index (κ3) is 3.06. The van der Waals surface area contributed by atoms with E-state index in [9.17, 15) is 13.6 Å². The molecule has 2 aromatic rings. The summed E-state index contributed by atoms with van der Waals surface area (Å²) in [6.07, 6.45) is 2.97. The minimum atomic E-state index is -2.98. The van der Waals surface area contributed by atoms with Gasteiger partial charge >= 0.3 is 6.61 Å². The Morgan fingerprint density at radius 2 is 1.92 bits per heavy atom. The van der Waals surface area contributed by atoms with Crippen molar-refractivity contribution in [1.29, 1.82) is 0 Å². The Kier molecular flexibility index (Phi) is 4.07. The Balaban J connectivity index is 1.69. The smallest absolute Gasteiger partial charge is 0.387 e. The van der Waals surface area contributed by atoms with Crippen LogP contribution in [-0.4, -0.2) is 42.7 Å². The zero-order valence-corrected chi connectivity index (χ0v) is 13.7. The van der Waals surface area contributed by atoms with Crippen molar-refractivity contribution in [1.82, 2.24) is 4.90 Å². The molecule has 0 atom stereocenters. The van der Waals surface area contributed by atoms with Crippen LogP contribution in [0.5, 0.6) is 5.75 Å². The van der Waals surface area contributed by atoms with E-state index in [0.29, 0.717) is 19.7 Å². The molecule has 2 aliphatic rings. The van der Waals surface area contributed by atoms with Gasteiger partial charge in [-0.1, -0.05) is 24.3 Å². The second kappa shape index (κ2) is 6.26. The molecule has 1 heterocycles. The summed E-state index contributed by atoms with van der Waals surface area (Å²) in [5, 5.41) is 1.58. The molecule has 4 nitrogen and oxygen atoms in total. The molecule has 1 saturated carbocycles. The van der Waals surface area contributed by atoms with E-state index in [0.717, 1.165) is 30.0 Å². The molecular formula is C19H19F2NO3. The maximum absolute atomic E-state index is 13.0. The van der Waals surface area contributed by atoms with Crippen molar-refractivity contribution in [2.75, 3.05) is 19.7 Å². The number of amides is 1. The lowest BCUT2D eigenvalue weighted by Gasteiger charge is -2.48. The van der Waals surface area contributed by atoms with Crippen LogP contribution in [0.1, 0.15) is 29.6 Å². The summed E-state index contributed by atoms with van der Waals surface area (Å²) in [5.41, 5.74) is -0.0653. The van der Waals surface area contributed by atoms with E-state index in [1.54, 1.807) is 17.0 Å². The van der Waals surface area contributed by atoms with Gasteiger partial charge in [-0.05, 0) is 42.2 Å². The number of morpholine rings is 1. The van der Waals surface area contributed by atoms with E-state index in [4.69, 9.17) is 4.74 Å². The highest BCUT2D eigenvalue weighted by Gasteiger charge is 2.43. The Bertz CT molecular complexity index is 804. The van der Waals surface area contributed by atoms with Crippen molar-refractivity contribution in [3.8, 4) is 5.75 Å². The van der Waals surface area contributed by atoms with Gasteiger partial charge in [0.25, 0.3) is 5.91 Å². The molecular weight excluding hydrogens is 328 g/mol. The van der Waals surface area contributed by atoms with Crippen molar-refractivity contribution in [2.24, 2.45) is 0 Å². The quantitative estimate of drug-likeness (QED) is 0.847. The fraction of sp³-hybridized carbons (Fsp3) is 0.421. The Hall–Kier alpha value is -2.21. The first-order valence-corrected chi connectivity index (χ1v) is 8.47. The molecule has 2 aromatic carbocycles. The van der Waals surface area contributed by atoms with Gasteiger partial charge in [0.15, 0.2) is 0 Å². The van der Waals surface area contributed by atoms with Crippen LogP contribution in [0.4, 0.5) is 8.78 Å². The molecule has 1 saturated heterocycles. The first kappa shape index (κ1) is 16.3. The number of carbonyl (C=O) groups is 1. The predicted octanol–water partition coefficient (Wildman–Crippen LogP) is 3.84. The standard InChI is InChI=1S/C19H19F2NO3/c20-18(21)25-16-11-14-5-2-1-4-13(14)10-15(16)17(23)22-8-9-24-19(12-22)6-3-7-19/h1-2,4-5,10-11,18H,3,6-9,12H2. The molecule has 0 unspecified atom stereocenters. The van der Waals surface area contributed by atoms with E-state index >= 15 is 0 Å². The lowest BCUT2D eigenvalue weighted by atomic mass is 9.78. The topological polar surface area (TPSA) is 38.8 Å². The first-order valence-electron chi connectivity index (χ1n) is 8.47. The highest BCUT2D eigenvalue weighted by atomic mass is 19.3. The summed E-state index contributed by atoms with van der Waals surface area (Å²) in [6.45, 7) is -1.53. The van der Waals surface area contributed by atoms with E-state index in [1.165, 1.54) is 6.07 Å². The number of alkyl halides is 2. The summed E-state index contributed by atoms with van der Waals surface area (Å²) < 4.78 is 36.1. The minimum absolute atomic E-state index is 0.0761. The summed E-state index contributed by atoms with van der Waals surface area (Å²) in [6, 6.07) is 10.5. The van der Waals surface area contributed by atoms with Crippen molar-refractivity contribution in [2.45, 2.75) is 31.5 Å². The number of halogens is 2. The van der Waals surface area contributed by atoms with Gasteiger partial charge in [-0.2, -0.15) is 8.78 Å². The third-order valence-electron chi connectivity index (χ3n) is 5.09. The van der Waals surface area contributed by atoms with Gasteiger partial charge in [-0.15, -0.1) is 0 Å². The molecule has 0 N–H and O–H groups in total. The third-order valence-corrected chi connectivity index (χ3v) is 5.09. The van der Waals surface area contributed by atoms with E-state index in [2.05, 4.69) is 4.74 Å². The molecule has 2 fully saturated rings. The Morgan fingerprint density at radius 1 is 1.20 bits per heavy atom. The number of carbonyl (C=O) groups excluding carboxylic acids is 1. The first-order chi connectivity index (χ1) is 12.1. The van der Waals surface area contributed by atoms with Crippen LogP contribution >= 0.6 is 0 Å². The monoisotopic (exact) mass is 347 g/mol. The number of rotatable bonds is 3. The second-order valence-electron chi connectivity index (χ2n) is 6.69. The van der Waals surface area contributed by atoms with Gasteiger partial charge in [0, 0.05) is 6.54 Å². The van der Waals surface area contributed by atoms with Crippen molar-refractivity contribution >= 4 is 16.7 Å². The maximum Gasteiger partial charge on any atom is 0.387 e. The van der Waals surface area contributed by atoms with Crippen LogP contribution in [0.25, 0.3) is 10.8 Å². The van der Waals surface area contributed by atoms with Crippen LogP contribution in [0.3, 0.4) is 0 Å². The molecule has 0 aromatic heterocycles. The zero-order valence-electron chi connectivity index (χ0n) is 13.7. The fourth-order valence-electron chi connectivity index (χ4n) is 3.64. The van der Waals surface area contributed by atoms with Gasteiger partial charge in [-0.25, -0.2) is 0 Å². The SMILES string of the molecule is O=C(c1cc2ccccc2cc1OC(F)F)N1CCOC2(CCC2)C1. The highest BCUT2D eigenvalue weighted by Crippen LogP contribution is 2.39. The molecule has 1 spiro atoms. The number of hydrogen-bond donors (Lipinski definition) is 0. The molecule has 6 heteroatoms. The molecule has 1 aliphatic carbocycles. The molecule has 132 valence electrons. The maximum atomic E-state index is 13.0. The summed E-state index contributed by atoms with van der Waals surface area (Å²) in [4.78, 5) is 14.7. The van der Waals surface area contributed by atoms with Crippen molar-refractivity contribution in [3.63, 3.8) is 0 Å². The number of nitrogens with zero attached hydrogens (tertiary/aromatic N) is 1. The normalized spacial score (nSPS) is 19.2. The van der Waals surface area contributed by atoms with Gasteiger partial charge in [0.2, 0.25) is 0 Å². The number of hydrogen-bond acceptors (Lipinski definition) is 3. The van der Waals surface area contributed by atoms with E-state index in [1.807, 2.05) is 18.2 Å². The molecule has 1 amide bonds. The number of benzene rings is 2. The molecule has 0 radical (unpaired) electrons. The molecule has 4 rings (SSSR count). The van der Waals surface area contributed by atoms with Crippen molar-refractivity contribution < 1.29 is 23.0 Å². The molecule has 1 aliphatic heterocycles. The summed E-state index contributed by atoms with van der Waals surface area (Å²) in [5.74, 6) is -0.358. The zero-order chi connectivity index (χ0) is 17.4. The lowest BCUT2D eigenvalue weighted by molar-refractivity contribution is -0.142. The van der Waals surface area contributed by atoms with Gasteiger partial charge < -0.3 is 14.4 Å². The van der Waals surface area contributed by atoms with E-state index in [-0.39, 0.29) is 22.8 Å². The largest absolute Gasteiger partial charge is 0.434 e.